The van der Waals surface area contributed by atoms with E-state index in [4.69, 9.17) is 9.47 Å². The number of nitrogens with zero attached hydrogens (tertiary/aromatic N) is 1. The molecule has 1 aliphatic carbocycles. The summed E-state index contributed by atoms with van der Waals surface area (Å²) in [5.74, 6) is 2.58. The minimum absolute atomic E-state index is 0.379. The standard InChI is InChI=1S/C17H20NO2/c1-18-6-5-11-3-2-4-13(17(11)18)14-8-16-15(19-10-20-16)7-12(14)9-18/h3,7-8,13,17H,2,4-6,9-10H2,1H3/q+1/t13-,17+,18-/m0/s1. The van der Waals surface area contributed by atoms with Crippen LogP contribution in [0.4, 0.5) is 0 Å². The van der Waals surface area contributed by atoms with Gasteiger partial charge in [0.25, 0.3) is 0 Å². The van der Waals surface area contributed by atoms with Crippen LogP contribution in [-0.4, -0.2) is 30.9 Å². The second-order valence-electron chi connectivity index (χ2n) is 6.92. The molecule has 3 aliphatic heterocycles. The quantitative estimate of drug-likeness (QED) is 0.533. The van der Waals surface area contributed by atoms with Crippen LogP contribution in [0.15, 0.2) is 23.8 Å². The molecule has 0 unspecified atom stereocenters. The van der Waals surface area contributed by atoms with Gasteiger partial charge < -0.3 is 14.0 Å². The van der Waals surface area contributed by atoms with Crippen LogP contribution in [0.1, 0.15) is 36.3 Å². The first-order valence-electron chi connectivity index (χ1n) is 7.70. The lowest BCUT2D eigenvalue weighted by atomic mass is 9.75. The maximum absolute atomic E-state index is 5.60. The molecule has 0 saturated carbocycles. The van der Waals surface area contributed by atoms with Crippen LogP contribution in [0.25, 0.3) is 0 Å². The van der Waals surface area contributed by atoms with Crippen LogP contribution in [0.2, 0.25) is 0 Å². The Morgan fingerprint density at radius 3 is 2.95 bits per heavy atom. The number of fused-ring (bicyclic) bond motifs is 3. The molecule has 1 aromatic rings. The van der Waals surface area contributed by atoms with Crippen LogP contribution < -0.4 is 9.47 Å². The van der Waals surface area contributed by atoms with E-state index in [-0.39, 0.29) is 0 Å². The second-order valence-corrected chi connectivity index (χ2v) is 6.92. The summed E-state index contributed by atoms with van der Waals surface area (Å²) in [6.07, 6.45) is 6.33. The van der Waals surface area contributed by atoms with Gasteiger partial charge in [0.05, 0.1) is 13.6 Å². The molecule has 3 heterocycles. The third kappa shape index (κ3) is 1.29. The zero-order valence-corrected chi connectivity index (χ0v) is 11.9. The number of likely N-dealkylation sites (N-methyl/N-ethyl adjacent to an activating group) is 1. The van der Waals surface area contributed by atoms with Crippen LogP contribution in [0, 0.1) is 0 Å². The van der Waals surface area contributed by atoms with Crippen molar-refractivity contribution in [2.24, 2.45) is 0 Å². The van der Waals surface area contributed by atoms with Gasteiger partial charge >= 0.3 is 0 Å². The fourth-order valence-corrected chi connectivity index (χ4v) is 4.97. The molecular weight excluding hydrogens is 250 g/mol. The van der Waals surface area contributed by atoms with Crippen LogP contribution in [-0.2, 0) is 6.54 Å². The molecule has 1 fully saturated rings. The lowest BCUT2D eigenvalue weighted by Crippen LogP contribution is -2.53. The van der Waals surface area contributed by atoms with Gasteiger partial charge in [0.15, 0.2) is 11.5 Å². The Bertz CT molecular complexity index is 636. The van der Waals surface area contributed by atoms with Crippen molar-refractivity contribution in [2.75, 3.05) is 20.4 Å². The van der Waals surface area contributed by atoms with Crippen molar-refractivity contribution >= 4 is 0 Å². The summed E-state index contributed by atoms with van der Waals surface area (Å²) in [4.78, 5) is 0. The first kappa shape index (κ1) is 11.2. The van der Waals surface area contributed by atoms with E-state index in [0.29, 0.717) is 12.7 Å². The lowest BCUT2D eigenvalue weighted by Gasteiger charge is -2.46. The predicted molar refractivity (Wildman–Crippen MR) is 75.8 cm³/mol. The van der Waals surface area contributed by atoms with E-state index in [9.17, 15) is 0 Å². The van der Waals surface area contributed by atoms with Gasteiger partial charge in [-0.15, -0.1) is 0 Å². The second kappa shape index (κ2) is 3.59. The minimum atomic E-state index is 0.379. The number of ether oxygens (including phenoxy) is 2. The molecule has 1 saturated heterocycles. The van der Waals surface area contributed by atoms with E-state index in [1.54, 1.807) is 5.57 Å². The largest absolute Gasteiger partial charge is 0.454 e. The third-order valence-corrected chi connectivity index (χ3v) is 5.79. The molecule has 0 aromatic heterocycles. The van der Waals surface area contributed by atoms with E-state index < -0.39 is 0 Å². The molecule has 0 N–H and O–H groups in total. The Balaban J connectivity index is 1.71. The number of hydrogen-bond acceptors (Lipinski definition) is 2. The number of quaternary nitrogens is 1. The van der Waals surface area contributed by atoms with Gasteiger partial charge in [-0.25, -0.2) is 0 Å². The number of rotatable bonds is 0. The molecule has 20 heavy (non-hydrogen) atoms. The molecule has 3 atom stereocenters. The zero-order chi connectivity index (χ0) is 13.3. The van der Waals surface area contributed by atoms with Crippen molar-refractivity contribution in [3.63, 3.8) is 0 Å². The van der Waals surface area contributed by atoms with Crippen LogP contribution in [0.5, 0.6) is 11.5 Å². The average Bonchev–Trinajstić information content (AvgIpc) is 3.03. The Labute approximate surface area is 119 Å². The number of allylic oxidation sites excluding steroid dienone is 1. The Hall–Kier alpha value is -1.48. The Morgan fingerprint density at radius 2 is 2.05 bits per heavy atom. The SMILES string of the molecule is C[N@+]12CCC3=CCC[C@@H](c4cc5c(cc4C1)OCO5)[C@@H]32. The van der Waals surface area contributed by atoms with Crippen molar-refractivity contribution in [1.29, 1.82) is 0 Å². The van der Waals surface area contributed by atoms with Crippen molar-refractivity contribution in [2.45, 2.75) is 37.8 Å². The Morgan fingerprint density at radius 1 is 1.20 bits per heavy atom. The van der Waals surface area contributed by atoms with Crippen LogP contribution in [0.3, 0.4) is 0 Å². The van der Waals surface area contributed by atoms with E-state index in [2.05, 4.69) is 25.3 Å². The third-order valence-electron chi connectivity index (χ3n) is 5.79. The van der Waals surface area contributed by atoms with Crippen LogP contribution >= 0.6 is 0 Å². The summed E-state index contributed by atoms with van der Waals surface area (Å²) >= 11 is 0. The molecule has 104 valence electrons. The smallest absolute Gasteiger partial charge is 0.231 e. The summed E-state index contributed by atoms with van der Waals surface area (Å²) in [5.41, 5.74) is 4.73. The van der Waals surface area contributed by atoms with Gasteiger partial charge in [0.2, 0.25) is 6.79 Å². The summed E-state index contributed by atoms with van der Waals surface area (Å²) < 4.78 is 12.4. The van der Waals surface area contributed by atoms with Crippen molar-refractivity contribution < 1.29 is 14.0 Å². The van der Waals surface area contributed by atoms with Gasteiger partial charge in [-0.1, -0.05) is 6.08 Å². The summed E-state index contributed by atoms with van der Waals surface area (Å²) in [6.45, 7) is 2.81. The normalized spacial score (nSPS) is 36.4. The fourth-order valence-electron chi connectivity index (χ4n) is 4.97. The highest BCUT2D eigenvalue weighted by Gasteiger charge is 2.51. The highest BCUT2D eigenvalue weighted by Crippen LogP contribution is 2.52. The van der Waals surface area contributed by atoms with Gasteiger partial charge in [0, 0.05) is 17.9 Å². The van der Waals surface area contributed by atoms with Gasteiger partial charge in [0.1, 0.15) is 12.6 Å². The summed E-state index contributed by atoms with van der Waals surface area (Å²) in [5, 5.41) is 0. The molecule has 0 radical (unpaired) electrons. The fraction of sp³-hybridized carbons (Fsp3) is 0.529. The molecular formula is C17H20NO2+. The van der Waals surface area contributed by atoms with Crippen molar-refractivity contribution in [1.82, 2.24) is 0 Å². The summed E-state index contributed by atoms with van der Waals surface area (Å²) in [6, 6.07) is 5.23. The summed E-state index contributed by atoms with van der Waals surface area (Å²) in [7, 11) is 2.44. The molecule has 4 aliphatic rings. The van der Waals surface area contributed by atoms with Gasteiger partial charge in [-0.2, -0.15) is 0 Å². The number of benzene rings is 1. The molecule has 5 rings (SSSR count). The lowest BCUT2D eigenvalue weighted by molar-refractivity contribution is -0.935. The zero-order valence-electron chi connectivity index (χ0n) is 11.9. The monoisotopic (exact) mass is 270 g/mol. The minimum Gasteiger partial charge on any atom is -0.454 e. The average molecular weight is 270 g/mol. The van der Waals surface area contributed by atoms with Crippen molar-refractivity contribution in [3.05, 3.63) is 34.9 Å². The highest BCUT2D eigenvalue weighted by atomic mass is 16.7. The topological polar surface area (TPSA) is 18.5 Å². The van der Waals surface area contributed by atoms with Crippen molar-refractivity contribution in [3.8, 4) is 11.5 Å². The van der Waals surface area contributed by atoms with E-state index >= 15 is 0 Å². The maximum atomic E-state index is 5.60. The molecule has 0 spiro atoms. The number of hydrogen-bond donors (Lipinski definition) is 0. The first-order valence-corrected chi connectivity index (χ1v) is 7.70. The van der Waals surface area contributed by atoms with E-state index in [0.717, 1.165) is 24.1 Å². The molecule has 0 amide bonds. The van der Waals surface area contributed by atoms with E-state index in [1.807, 2.05) is 0 Å². The molecule has 1 aromatic carbocycles. The first-order chi connectivity index (χ1) is 9.74. The Kier molecular flexibility index (Phi) is 2.01. The highest BCUT2D eigenvalue weighted by molar-refractivity contribution is 5.51. The molecule has 3 nitrogen and oxygen atoms in total. The van der Waals surface area contributed by atoms with E-state index in [1.165, 1.54) is 41.4 Å². The molecule has 0 bridgehead atoms. The predicted octanol–water partition coefficient (Wildman–Crippen LogP) is 2.95. The van der Waals surface area contributed by atoms with Gasteiger partial charge in [-0.05, 0) is 36.1 Å². The van der Waals surface area contributed by atoms with Gasteiger partial charge in [-0.3, -0.25) is 0 Å². The maximum Gasteiger partial charge on any atom is 0.231 e. The molecule has 3 heteroatoms.